The van der Waals surface area contributed by atoms with Gasteiger partial charge in [-0.05, 0) is 22.4 Å². The van der Waals surface area contributed by atoms with Gasteiger partial charge in [-0.3, -0.25) is 14.9 Å². The minimum absolute atomic E-state index is 0.242. The van der Waals surface area contributed by atoms with E-state index < -0.39 is 0 Å². The average Bonchev–Trinajstić information content (AvgIpc) is 2.39. The van der Waals surface area contributed by atoms with Crippen LogP contribution < -0.4 is 5.32 Å². The second-order valence-electron chi connectivity index (χ2n) is 3.87. The summed E-state index contributed by atoms with van der Waals surface area (Å²) in [4.78, 5) is 23.2. The van der Waals surface area contributed by atoms with E-state index in [0.717, 1.165) is 16.3 Å². The lowest BCUT2D eigenvalue weighted by Crippen LogP contribution is -2.29. The van der Waals surface area contributed by atoms with Gasteiger partial charge in [0, 0.05) is 5.56 Å². The van der Waals surface area contributed by atoms with Gasteiger partial charge in [-0.25, -0.2) is 0 Å². The molecule has 2 aromatic carbocycles. The largest absolute Gasteiger partial charge is 0.292 e. The van der Waals surface area contributed by atoms with Crippen LogP contribution in [-0.4, -0.2) is 11.8 Å². The Morgan fingerprint density at radius 2 is 1.75 bits per heavy atom. The highest BCUT2D eigenvalue weighted by atomic mass is 16.2. The number of imide groups is 1. The molecule has 0 saturated carbocycles. The normalized spacial score (nSPS) is 14.8. The van der Waals surface area contributed by atoms with E-state index >= 15 is 0 Å². The van der Waals surface area contributed by atoms with Crippen LogP contribution in [0.2, 0.25) is 0 Å². The summed E-state index contributed by atoms with van der Waals surface area (Å²) in [5.41, 5.74) is 1.50. The summed E-state index contributed by atoms with van der Waals surface area (Å²) in [6, 6.07) is 11.3. The van der Waals surface area contributed by atoms with Gasteiger partial charge >= 0.3 is 0 Å². The van der Waals surface area contributed by atoms with Gasteiger partial charge in [0.25, 0.3) is 5.91 Å². The summed E-state index contributed by atoms with van der Waals surface area (Å²) in [7, 11) is 0. The molecule has 0 radical (unpaired) electrons. The highest BCUT2D eigenvalue weighted by molar-refractivity contribution is 6.16. The summed E-state index contributed by atoms with van der Waals surface area (Å²) >= 11 is 0. The number of hydrogen-bond acceptors (Lipinski definition) is 2. The Bertz CT molecular complexity index is 611. The first-order valence-electron chi connectivity index (χ1n) is 5.10. The zero-order valence-electron chi connectivity index (χ0n) is 8.49. The van der Waals surface area contributed by atoms with Crippen LogP contribution in [0.15, 0.2) is 36.4 Å². The topological polar surface area (TPSA) is 46.2 Å². The lowest BCUT2D eigenvalue weighted by Gasteiger charge is -2.04. The number of benzene rings is 2. The number of hydrogen-bond donors (Lipinski definition) is 1. The molecule has 0 saturated heterocycles. The molecule has 0 bridgehead atoms. The van der Waals surface area contributed by atoms with E-state index in [1.165, 1.54) is 0 Å². The molecule has 0 aromatic heterocycles. The Kier molecular flexibility index (Phi) is 1.80. The summed E-state index contributed by atoms with van der Waals surface area (Å²) in [6.45, 7) is 0. The minimum Gasteiger partial charge on any atom is -0.292 e. The third-order valence-electron chi connectivity index (χ3n) is 2.84. The van der Waals surface area contributed by atoms with Crippen molar-refractivity contribution in [3.8, 4) is 0 Å². The van der Waals surface area contributed by atoms with Crippen LogP contribution in [0, 0.1) is 0 Å². The molecule has 0 unspecified atom stereocenters. The van der Waals surface area contributed by atoms with Crippen molar-refractivity contribution in [2.45, 2.75) is 6.42 Å². The van der Waals surface area contributed by atoms with Crippen LogP contribution in [0.5, 0.6) is 0 Å². The highest BCUT2D eigenvalue weighted by Gasteiger charge is 2.20. The summed E-state index contributed by atoms with van der Waals surface area (Å²) in [6.07, 6.45) is 0.264. The van der Waals surface area contributed by atoms with E-state index in [4.69, 9.17) is 0 Å². The molecule has 3 heteroatoms. The first kappa shape index (κ1) is 9.09. The Balaban J connectivity index is 2.45. The summed E-state index contributed by atoms with van der Waals surface area (Å²) in [5, 5.41) is 4.27. The molecule has 1 aliphatic heterocycles. The van der Waals surface area contributed by atoms with Gasteiger partial charge in [-0.1, -0.05) is 30.3 Å². The Morgan fingerprint density at radius 3 is 2.56 bits per heavy atom. The summed E-state index contributed by atoms with van der Waals surface area (Å²) in [5.74, 6) is -0.547. The predicted octanol–water partition coefficient (Wildman–Crippen LogP) is 1.65. The van der Waals surface area contributed by atoms with Crippen molar-refractivity contribution in [1.82, 2.24) is 5.32 Å². The number of amides is 2. The van der Waals surface area contributed by atoms with E-state index in [0.29, 0.717) is 5.56 Å². The lowest BCUT2D eigenvalue weighted by molar-refractivity contribution is -0.119. The molecule has 16 heavy (non-hydrogen) atoms. The fourth-order valence-electron chi connectivity index (χ4n) is 2.17. The zero-order chi connectivity index (χ0) is 11.1. The summed E-state index contributed by atoms with van der Waals surface area (Å²) < 4.78 is 0. The first-order chi connectivity index (χ1) is 7.75. The van der Waals surface area contributed by atoms with Crippen molar-refractivity contribution in [1.29, 1.82) is 0 Å². The van der Waals surface area contributed by atoms with Crippen LogP contribution >= 0.6 is 0 Å². The molecule has 78 valence electrons. The second kappa shape index (κ2) is 3.17. The standard InChI is InChI=1S/C13H9NO2/c15-11-7-9-5-1-3-8-4-2-6-10(12(8)9)13(16)14-11/h1-6H,7H2,(H,14,15,16). The Morgan fingerprint density at radius 1 is 1.00 bits per heavy atom. The number of carbonyl (C=O) groups excluding carboxylic acids is 2. The fourth-order valence-corrected chi connectivity index (χ4v) is 2.17. The van der Waals surface area contributed by atoms with Gasteiger partial charge < -0.3 is 0 Å². The van der Waals surface area contributed by atoms with Crippen molar-refractivity contribution in [3.63, 3.8) is 0 Å². The molecular formula is C13H9NO2. The van der Waals surface area contributed by atoms with Crippen LogP contribution in [0.1, 0.15) is 15.9 Å². The van der Waals surface area contributed by atoms with E-state index in [-0.39, 0.29) is 18.2 Å². The maximum Gasteiger partial charge on any atom is 0.258 e. The molecule has 0 fully saturated rings. The molecule has 1 heterocycles. The van der Waals surface area contributed by atoms with E-state index in [1.807, 2.05) is 30.3 Å². The van der Waals surface area contributed by atoms with Crippen LogP contribution in [-0.2, 0) is 11.2 Å². The molecule has 3 rings (SSSR count). The van der Waals surface area contributed by atoms with Gasteiger partial charge in [-0.2, -0.15) is 0 Å². The van der Waals surface area contributed by atoms with Gasteiger partial charge in [0.2, 0.25) is 5.91 Å². The van der Waals surface area contributed by atoms with Crippen molar-refractivity contribution in [3.05, 3.63) is 47.5 Å². The average molecular weight is 211 g/mol. The molecule has 1 N–H and O–H groups in total. The van der Waals surface area contributed by atoms with Crippen LogP contribution in [0.3, 0.4) is 0 Å². The molecule has 3 nitrogen and oxygen atoms in total. The SMILES string of the molecule is O=C1Cc2cccc3cccc(c23)C(=O)N1. The van der Waals surface area contributed by atoms with E-state index in [1.54, 1.807) is 6.07 Å². The second-order valence-corrected chi connectivity index (χ2v) is 3.87. The molecule has 2 amide bonds. The van der Waals surface area contributed by atoms with Crippen molar-refractivity contribution in [2.24, 2.45) is 0 Å². The minimum atomic E-state index is -0.305. The number of carbonyl (C=O) groups is 2. The van der Waals surface area contributed by atoms with Crippen LogP contribution in [0.4, 0.5) is 0 Å². The lowest BCUT2D eigenvalue weighted by atomic mass is 9.98. The maximum absolute atomic E-state index is 11.8. The van der Waals surface area contributed by atoms with Gasteiger partial charge in [0.05, 0.1) is 6.42 Å². The smallest absolute Gasteiger partial charge is 0.258 e. The molecule has 2 aromatic rings. The third-order valence-corrected chi connectivity index (χ3v) is 2.84. The quantitative estimate of drug-likeness (QED) is 0.673. The Hall–Kier alpha value is -2.16. The van der Waals surface area contributed by atoms with Crippen molar-refractivity contribution < 1.29 is 9.59 Å². The maximum atomic E-state index is 11.8. The van der Waals surface area contributed by atoms with Crippen LogP contribution in [0.25, 0.3) is 10.8 Å². The zero-order valence-corrected chi connectivity index (χ0v) is 8.49. The third kappa shape index (κ3) is 1.21. The monoisotopic (exact) mass is 211 g/mol. The first-order valence-corrected chi connectivity index (χ1v) is 5.10. The molecule has 1 aliphatic rings. The van der Waals surface area contributed by atoms with Crippen molar-refractivity contribution in [2.75, 3.05) is 0 Å². The van der Waals surface area contributed by atoms with Crippen molar-refractivity contribution >= 4 is 22.6 Å². The van der Waals surface area contributed by atoms with E-state index in [9.17, 15) is 9.59 Å². The molecular weight excluding hydrogens is 202 g/mol. The van der Waals surface area contributed by atoms with Gasteiger partial charge in [0.15, 0.2) is 0 Å². The number of nitrogens with one attached hydrogen (secondary N) is 1. The highest BCUT2D eigenvalue weighted by Crippen LogP contribution is 2.25. The Labute approximate surface area is 92.1 Å². The predicted molar refractivity (Wildman–Crippen MR) is 60.1 cm³/mol. The number of rotatable bonds is 0. The van der Waals surface area contributed by atoms with Gasteiger partial charge in [0.1, 0.15) is 0 Å². The molecule has 0 aliphatic carbocycles. The molecule has 0 spiro atoms. The fraction of sp³-hybridized carbons (Fsp3) is 0.0769. The van der Waals surface area contributed by atoms with Gasteiger partial charge in [-0.15, -0.1) is 0 Å². The molecule has 0 atom stereocenters. The van der Waals surface area contributed by atoms with E-state index in [2.05, 4.69) is 5.32 Å².